The molecule has 2 heterocycles. The predicted molar refractivity (Wildman–Crippen MR) is 73.9 cm³/mol. The molecule has 0 unspecified atom stereocenters. The number of hydrogen-bond acceptors (Lipinski definition) is 6. The van der Waals surface area contributed by atoms with E-state index in [-0.39, 0.29) is 11.3 Å². The van der Waals surface area contributed by atoms with Gasteiger partial charge in [-0.25, -0.2) is 9.37 Å². The first-order valence-electron chi connectivity index (χ1n) is 5.90. The number of aryl methyl sites for hydroxylation is 1. The monoisotopic (exact) mass is 304 g/mol. The molecule has 0 fully saturated rings. The lowest BCUT2D eigenvalue weighted by Crippen LogP contribution is -2.15. The molecule has 9 heteroatoms. The molecule has 3 rings (SSSR count). The zero-order valence-corrected chi connectivity index (χ0v) is 11.6. The zero-order valence-electron chi connectivity index (χ0n) is 10.8. The predicted octanol–water partition coefficient (Wildman–Crippen LogP) is 1.82. The van der Waals surface area contributed by atoms with Crippen LogP contribution in [0.3, 0.4) is 0 Å². The van der Waals surface area contributed by atoms with E-state index in [0.717, 1.165) is 5.69 Å². The maximum atomic E-state index is 13.4. The molecule has 0 aliphatic heterocycles. The van der Waals surface area contributed by atoms with Crippen LogP contribution in [-0.2, 0) is 0 Å². The van der Waals surface area contributed by atoms with E-state index >= 15 is 0 Å². The van der Waals surface area contributed by atoms with Crippen LogP contribution in [0.25, 0.3) is 5.69 Å². The van der Waals surface area contributed by atoms with Crippen LogP contribution in [0, 0.1) is 12.7 Å². The number of tetrazole rings is 1. The Labute approximate surface area is 122 Å². The first-order valence-corrected chi connectivity index (χ1v) is 6.78. The van der Waals surface area contributed by atoms with E-state index in [0.29, 0.717) is 5.13 Å². The van der Waals surface area contributed by atoms with E-state index in [1.165, 1.54) is 40.5 Å². The van der Waals surface area contributed by atoms with Gasteiger partial charge in [0.15, 0.2) is 5.13 Å². The van der Waals surface area contributed by atoms with Crippen LogP contribution in [0.2, 0.25) is 0 Å². The van der Waals surface area contributed by atoms with Crippen LogP contribution < -0.4 is 5.32 Å². The van der Waals surface area contributed by atoms with Gasteiger partial charge in [0.25, 0.3) is 5.91 Å². The Bertz CT molecular complexity index is 785. The van der Waals surface area contributed by atoms with Crippen molar-refractivity contribution in [2.75, 3.05) is 5.32 Å². The molecule has 106 valence electrons. The maximum Gasteiger partial charge on any atom is 0.259 e. The summed E-state index contributed by atoms with van der Waals surface area (Å²) >= 11 is 1.31. The first kappa shape index (κ1) is 13.3. The van der Waals surface area contributed by atoms with Gasteiger partial charge < -0.3 is 0 Å². The third-order valence-corrected chi connectivity index (χ3v) is 3.52. The average molecular weight is 304 g/mol. The summed E-state index contributed by atoms with van der Waals surface area (Å²) in [7, 11) is 0. The third kappa shape index (κ3) is 2.77. The fourth-order valence-electron chi connectivity index (χ4n) is 1.73. The molecule has 0 atom stereocenters. The van der Waals surface area contributed by atoms with E-state index in [1.807, 2.05) is 12.3 Å². The second-order valence-electron chi connectivity index (χ2n) is 4.16. The Balaban J connectivity index is 1.96. The van der Waals surface area contributed by atoms with Gasteiger partial charge in [-0.3, -0.25) is 10.1 Å². The van der Waals surface area contributed by atoms with Gasteiger partial charge in [0, 0.05) is 11.4 Å². The largest absolute Gasteiger partial charge is 0.298 e. The van der Waals surface area contributed by atoms with Crippen LogP contribution in [0.4, 0.5) is 9.52 Å². The molecule has 1 aromatic carbocycles. The number of anilines is 1. The van der Waals surface area contributed by atoms with Gasteiger partial charge in [-0.05, 0) is 29.5 Å². The number of benzene rings is 1. The maximum absolute atomic E-state index is 13.4. The summed E-state index contributed by atoms with van der Waals surface area (Å²) in [5, 5.41) is 15.6. The lowest BCUT2D eigenvalue weighted by atomic mass is 10.1. The highest BCUT2D eigenvalue weighted by Crippen LogP contribution is 2.19. The molecule has 0 saturated heterocycles. The first-order chi connectivity index (χ1) is 10.1. The highest BCUT2D eigenvalue weighted by Gasteiger charge is 2.16. The summed E-state index contributed by atoms with van der Waals surface area (Å²) < 4.78 is 14.6. The van der Waals surface area contributed by atoms with Crippen molar-refractivity contribution >= 4 is 22.4 Å². The lowest BCUT2D eigenvalue weighted by Gasteiger charge is -2.08. The molecular formula is C12H9FN6OS. The van der Waals surface area contributed by atoms with Gasteiger partial charge >= 0.3 is 0 Å². The van der Waals surface area contributed by atoms with Gasteiger partial charge in [0.1, 0.15) is 12.1 Å². The quantitative estimate of drug-likeness (QED) is 0.797. The van der Waals surface area contributed by atoms with Gasteiger partial charge in [0.05, 0.1) is 16.9 Å². The minimum absolute atomic E-state index is 0.247. The number of carbonyl (C=O) groups excluding carboxylic acids is 1. The molecule has 0 radical (unpaired) electrons. The van der Waals surface area contributed by atoms with E-state index in [2.05, 4.69) is 25.8 Å². The van der Waals surface area contributed by atoms with Crippen molar-refractivity contribution in [1.82, 2.24) is 25.2 Å². The van der Waals surface area contributed by atoms with Gasteiger partial charge in [-0.1, -0.05) is 0 Å². The minimum Gasteiger partial charge on any atom is -0.298 e. The third-order valence-electron chi connectivity index (χ3n) is 2.64. The van der Waals surface area contributed by atoms with E-state index < -0.39 is 11.7 Å². The molecule has 0 aliphatic rings. The zero-order chi connectivity index (χ0) is 14.8. The molecule has 1 amide bonds. The summed E-state index contributed by atoms with van der Waals surface area (Å²) in [6.07, 6.45) is 1.29. The number of nitrogens with zero attached hydrogens (tertiary/aromatic N) is 5. The standard InChI is InChI=1S/C12H9FN6OS/c1-7-5-21-12(15-7)16-11(20)9-3-2-8(13)4-10(9)19-6-14-17-18-19/h2-6H,1H3,(H,15,16,20). The van der Waals surface area contributed by atoms with Crippen molar-refractivity contribution in [3.05, 3.63) is 47.0 Å². The summed E-state index contributed by atoms with van der Waals surface area (Å²) in [5.74, 6) is -0.892. The summed E-state index contributed by atoms with van der Waals surface area (Å²) in [5.41, 5.74) is 1.32. The molecule has 1 N–H and O–H groups in total. The fourth-order valence-corrected chi connectivity index (χ4v) is 2.42. The molecule has 7 nitrogen and oxygen atoms in total. The molecule has 2 aromatic heterocycles. The Kier molecular flexibility index (Phi) is 3.40. The number of rotatable bonds is 3. The summed E-state index contributed by atoms with van der Waals surface area (Å²) in [6, 6.07) is 3.77. The van der Waals surface area contributed by atoms with Crippen molar-refractivity contribution < 1.29 is 9.18 Å². The Morgan fingerprint density at radius 2 is 2.29 bits per heavy atom. The second-order valence-corrected chi connectivity index (χ2v) is 5.02. The number of aromatic nitrogens is 5. The number of thiazole rings is 1. The van der Waals surface area contributed by atoms with Crippen LogP contribution in [0.5, 0.6) is 0 Å². The number of amides is 1. The molecule has 0 saturated carbocycles. The van der Waals surface area contributed by atoms with Crippen molar-refractivity contribution in [3.63, 3.8) is 0 Å². The normalized spacial score (nSPS) is 10.6. The Morgan fingerprint density at radius 1 is 1.43 bits per heavy atom. The topological polar surface area (TPSA) is 85.6 Å². The average Bonchev–Trinajstić information content (AvgIpc) is 3.10. The van der Waals surface area contributed by atoms with E-state index in [4.69, 9.17) is 0 Å². The molecule has 0 aliphatic carbocycles. The highest BCUT2D eigenvalue weighted by atomic mass is 32.1. The van der Waals surface area contributed by atoms with Crippen molar-refractivity contribution in [2.45, 2.75) is 6.92 Å². The van der Waals surface area contributed by atoms with Gasteiger partial charge in [-0.15, -0.1) is 16.4 Å². The number of hydrogen-bond donors (Lipinski definition) is 1. The molecule has 0 bridgehead atoms. The van der Waals surface area contributed by atoms with Gasteiger partial charge in [-0.2, -0.15) is 4.68 Å². The van der Waals surface area contributed by atoms with Crippen molar-refractivity contribution in [3.8, 4) is 5.69 Å². The van der Waals surface area contributed by atoms with Gasteiger partial charge in [0.2, 0.25) is 0 Å². The number of carbonyl (C=O) groups is 1. The SMILES string of the molecule is Cc1csc(NC(=O)c2ccc(F)cc2-n2cnnn2)n1. The molecule has 21 heavy (non-hydrogen) atoms. The number of halogens is 1. The molecule has 3 aromatic rings. The van der Waals surface area contributed by atoms with E-state index in [9.17, 15) is 9.18 Å². The fraction of sp³-hybridized carbons (Fsp3) is 0.0833. The summed E-state index contributed by atoms with van der Waals surface area (Å²) in [6.45, 7) is 1.83. The van der Waals surface area contributed by atoms with E-state index in [1.54, 1.807) is 0 Å². The minimum atomic E-state index is -0.484. The van der Waals surface area contributed by atoms with Crippen molar-refractivity contribution in [2.24, 2.45) is 0 Å². The second kappa shape index (κ2) is 5.37. The molecular weight excluding hydrogens is 295 g/mol. The lowest BCUT2D eigenvalue weighted by molar-refractivity contribution is 0.102. The van der Waals surface area contributed by atoms with Crippen LogP contribution in [0.15, 0.2) is 29.9 Å². The van der Waals surface area contributed by atoms with Crippen LogP contribution in [0.1, 0.15) is 16.1 Å². The van der Waals surface area contributed by atoms with Crippen LogP contribution >= 0.6 is 11.3 Å². The summed E-state index contributed by atoms with van der Waals surface area (Å²) in [4.78, 5) is 16.5. The molecule has 0 spiro atoms. The Morgan fingerprint density at radius 3 is 2.95 bits per heavy atom. The highest BCUT2D eigenvalue weighted by molar-refractivity contribution is 7.13. The smallest absolute Gasteiger partial charge is 0.259 e. The Hall–Kier alpha value is -2.68. The van der Waals surface area contributed by atoms with Crippen LogP contribution in [-0.4, -0.2) is 31.1 Å². The number of nitrogens with one attached hydrogen (secondary N) is 1. The van der Waals surface area contributed by atoms with Crippen molar-refractivity contribution in [1.29, 1.82) is 0 Å².